The molecule has 94 valence electrons. The summed E-state index contributed by atoms with van der Waals surface area (Å²) in [6.07, 6.45) is 1.21. The summed E-state index contributed by atoms with van der Waals surface area (Å²) in [4.78, 5) is 4.87. The van der Waals surface area contributed by atoms with Crippen molar-refractivity contribution in [1.29, 1.82) is 0 Å². The van der Waals surface area contributed by atoms with Gasteiger partial charge in [-0.1, -0.05) is 23.8 Å². The smallest absolute Gasteiger partial charge is 0.0237 e. The number of benzene rings is 1. The molecule has 0 radical (unpaired) electrons. The molecule has 0 fully saturated rings. The van der Waals surface area contributed by atoms with E-state index < -0.39 is 0 Å². The molecule has 0 spiro atoms. The maximum Gasteiger partial charge on any atom is 0.0237 e. The molecule has 0 amide bonds. The van der Waals surface area contributed by atoms with Gasteiger partial charge in [0.15, 0.2) is 0 Å². The van der Waals surface area contributed by atoms with Crippen molar-refractivity contribution in [3.8, 4) is 0 Å². The van der Waals surface area contributed by atoms with Gasteiger partial charge in [0.25, 0.3) is 0 Å². The zero-order valence-corrected chi connectivity index (χ0v) is 11.5. The molecule has 0 bridgehead atoms. The number of aryl methyl sites for hydroxylation is 1. The lowest BCUT2D eigenvalue weighted by Crippen LogP contribution is -2.40. The van der Waals surface area contributed by atoms with Crippen LogP contribution in [0, 0.1) is 6.92 Å². The zero-order valence-electron chi connectivity index (χ0n) is 11.5. The van der Waals surface area contributed by atoms with Crippen molar-refractivity contribution in [2.45, 2.75) is 32.9 Å². The Morgan fingerprint density at radius 2 is 2.06 bits per heavy atom. The van der Waals surface area contributed by atoms with E-state index in [0.29, 0.717) is 6.04 Å². The van der Waals surface area contributed by atoms with E-state index in [4.69, 9.17) is 0 Å². The highest BCUT2D eigenvalue weighted by molar-refractivity contribution is 5.33. The minimum atomic E-state index is 0.627. The summed E-state index contributed by atoms with van der Waals surface area (Å²) in [5, 5.41) is 0. The standard InChI is InChI=1S/C15H24N2/c1-12-5-6-15-11-17(8-7-14(15)9-12)10-13(2)16(3)4/h5-6,9,13H,7-8,10-11H2,1-4H3. The topological polar surface area (TPSA) is 6.48 Å². The fraction of sp³-hybridized carbons (Fsp3) is 0.600. The van der Waals surface area contributed by atoms with Gasteiger partial charge in [-0.15, -0.1) is 0 Å². The summed E-state index contributed by atoms with van der Waals surface area (Å²) >= 11 is 0. The first kappa shape index (κ1) is 12.6. The van der Waals surface area contributed by atoms with E-state index in [2.05, 4.69) is 55.9 Å². The molecule has 1 heterocycles. The maximum atomic E-state index is 2.57. The van der Waals surface area contributed by atoms with Crippen molar-refractivity contribution in [3.05, 3.63) is 34.9 Å². The van der Waals surface area contributed by atoms with Gasteiger partial charge in [-0.05, 0) is 45.5 Å². The number of hydrogen-bond donors (Lipinski definition) is 0. The molecule has 1 aliphatic rings. The summed E-state index contributed by atoms with van der Waals surface area (Å²) < 4.78 is 0. The van der Waals surface area contributed by atoms with Crippen LogP contribution in [0.1, 0.15) is 23.6 Å². The van der Waals surface area contributed by atoms with E-state index >= 15 is 0 Å². The van der Waals surface area contributed by atoms with Gasteiger partial charge in [0, 0.05) is 25.7 Å². The maximum absolute atomic E-state index is 2.57. The fourth-order valence-electron chi connectivity index (χ4n) is 2.43. The Hall–Kier alpha value is -0.860. The second kappa shape index (κ2) is 5.19. The predicted molar refractivity (Wildman–Crippen MR) is 73.3 cm³/mol. The number of rotatable bonds is 3. The highest BCUT2D eigenvalue weighted by Crippen LogP contribution is 2.20. The van der Waals surface area contributed by atoms with E-state index in [1.807, 2.05) is 0 Å². The summed E-state index contributed by atoms with van der Waals surface area (Å²) in [6.45, 7) is 7.97. The van der Waals surface area contributed by atoms with Crippen LogP contribution in [0.15, 0.2) is 18.2 Å². The van der Waals surface area contributed by atoms with Crippen molar-refractivity contribution in [2.75, 3.05) is 27.2 Å². The van der Waals surface area contributed by atoms with Gasteiger partial charge in [0.1, 0.15) is 0 Å². The molecular formula is C15H24N2. The second-order valence-electron chi connectivity index (χ2n) is 5.57. The van der Waals surface area contributed by atoms with Gasteiger partial charge in [-0.2, -0.15) is 0 Å². The van der Waals surface area contributed by atoms with Gasteiger partial charge in [0.2, 0.25) is 0 Å². The predicted octanol–water partition coefficient (Wildman–Crippen LogP) is 2.30. The van der Waals surface area contributed by atoms with Crippen LogP contribution < -0.4 is 0 Å². The fourth-order valence-corrected chi connectivity index (χ4v) is 2.43. The molecule has 1 unspecified atom stereocenters. The van der Waals surface area contributed by atoms with Crippen LogP contribution in [0.2, 0.25) is 0 Å². The van der Waals surface area contributed by atoms with Crippen molar-refractivity contribution in [1.82, 2.24) is 9.80 Å². The molecule has 1 aromatic carbocycles. The molecule has 0 N–H and O–H groups in total. The number of hydrogen-bond acceptors (Lipinski definition) is 2. The van der Waals surface area contributed by atoms with E-state index in [1.165, 1.54) is 30.6 Å². The highest BCUT2D eigenvalue weighted by atomic mass is 15.2. The minimum absolute atomic E-state index is 0.627. The molecule has 0 aromatic heterocycles. The average molecular weight is 232 g/mol. The Morgan fingerprint density at radius 1 is 1.29 bits per heavy atom. The Balaban J connectivity index is 2.01. The van der Waals surface area contributed by atoms with E-state index in [-0.39, 0.29) is 0 Å². The third-order valence-corrected chi connectivity index (χ3v) is 3.86. The van der Waals surface area contributed by atoms with Crippen LogP contribution >= 0.6 is 0 Å². The number of fused-ring (bicyclic) bond motifs is 1. The lowest BCUT2D eigenvalue weighted by molar-refractivity contribution is 0.181. The van der Waals surface area contributed by atoms with Crippen molar-refractivity contribution in [3.63, 3.8) is 0 Å². The van der Waals surface area contributed by atoms with Gasteiger partial charge < -0.3 is 4.90 Å². The first-order valence-electron chi connectivity index (χ1n) is 6.53. The number of nitrogens with zero attached hydrogens (tertiary/aromatic N) is 2. The summed E-state index contributed by atoms with van der Waals surface area (Å²) in [5.41, 5.74) is 4.46. The molecule has 0 saturated heterocycles. The Bertz CT molecular complexity index is 385. The van der Waals surface area contributed by atoms with Gasteiger partial charge in [-0.3, -0.25) is 4.90 Å². The molecule has 2 heteroatoms. The van der Waals surface area contributed by atoms with Crippen LogP contribution in [0.3, 0.4) is 0 Å². The van der Waals surface area contributed by atoms with Crippen molar-refractivity contribution < 1.29 is 0 Å². The van der Waals surface area contributed by atoms with Crippen LogP contribution in [-0.2, 0) is 13.0 Å². The minimum Gasteiger partial charge on any atom is -0.305 e. The third kappa shape index (κ3) is 3.08. The normalized spacial score (nSPS) is 18.2. The van der Waals surface area contributed by atoms with E-state index in [0.717, 1.165) is 6.54 Å². The molecule has 2 rings (SSSR count). The van der Waals surface area contributed by atoms with E-state index in [9.17, 15) is 0 Å². The third-order valence-electron chi connectivity index (χ3n) is 3.86. The quantitative estimate of drug-likeness (QED) is 0.789. The van der Waals surface area contributed by atoms with Gasteiger partial charge >= 0.3 is 0 Å². The lowest BCUT2D eigenvalue weighted by Gasteiger charge is -2.33. The van der Waals surface area contributed by atoms with Crippen LogP contribution in [0.5, 0.6) is 0 Å². The molecule has 17 heavy (non-hydrogen) atoms. The first-order chi connectivity index (χ1) is 8.06. The van der Waals surface area contributed by atoms with Gasteiger partial charge in [0.05, 0.1) is 0 Å². The Kier molecular flexibility index (Phi) is 3.85. The average Bonchev–Trinajstić information content (AvgIpc) is 2.29. The lowest BCUT2D eigenvalue weighted by atomic mass is 9.97. The second-order valence-corrected chi connectivity index (χ2v) is 5.57. The largest absolute Gasteiger partial charge is 0.305 e. The first-order valence-corrected chi connectivity index (χ1v) is 6.53. The molecule has 0 saturated carbocycles. The zero-order chi connectivity index (χ0) is 12.4. The summed E-state index contributed by atoms with van der Waals surface area (Å²) in [5.74, 6) is 0. The molecule has 1 aromatic rings. The molecule has 1 atom stereocenters. The van der Waals surface area contributed by atoms with Crippen molar-refractivity contribution >= 4 is 0 Å². The van der Waals surface area contributed by atoms with Crippen LogP contribution in [0.25, 0.3) is 0 Å². The highest BCUT2D eigenvalue weighted by Gasteiger charge is 2.18. The Labute approximate surface area is 105 Å². The number of likely N-dealkylation sites (N-methyl/N-ethyl adjacent to an activating group) is 1. The molecular weight excluding hydrogens is 208 g/mol. The Morgan fingerprint density at radius 3 is 2.76 bits per heavy atom. The SMILES string of the molecule is Cc1ccc2c(c1)CCN(CC(C)N(C)C)C2. The van der Waals surface area contributed by atoms with Crippen molar-refractivity contribution in [2.24, 2.45) is 0 Å². The van der Waals surface area contributed by atoms with Crippen LogP contribution in [0.4, 0.5) is 0 Å². The summed E-state index contributed by atoms with van der Waals surface area (Å²) in [6, 6.07) is 7.51. The monoisotopic (exact) mass is 232 g/mol. The molecule has 2 nitrogen and oxygen atoms in total. The van der Waals surface area contributed by atoms with E-state index in [1.54, 1.807) is 5.56 Å². The van der Waals surface area contributed by atoms with Crippen LogP contribution in [-0.4, -0.2) is 43.0 Å². The summed E-state index contributed by atoms with van der Waals surface area (Å²) in [7, 11) is 4.32. The van der Waals surface area contributed by atoms with Gasteiger partial charge in [-0.25, -0.2) is 0 Å². The molecule has 1 aliphatic heterocycles. The molecule has 0 aliphatic carbocycles.